The summed E-state index contributed by atoms with van der Waals surface area (Å²) < 4.78 is 51.0. The van der Waals surface area contributed by atoms with Crippen LogP contribution in [0.4, 0.5) is 0 Å². The molecule has 0 aromatic heterocycles. The van der Waals surface area contributed by atoms with Crippen LogP contribution in [0.1, 0.15) is 13.3 Å². The molecule has 6 nitrogen and oxygen atoms in total. The van der Waals surface area contributed by atoms with Crippen molar-refractivity contribution in [3.8, 4) is 0 Å². The average molecular weight is 232 g/mol. The van der Waals surface area contributed by atoms with E-state index in [-0.39, 0.29) is 6.42 Å². The Labute approximate surface area is 78.1 Å². The first-order valence-corrected chi connectivity index (χ1v) is 7.04. The minimum atomic E-state index is -3.70. The summed E-state index contributed by atoms with van der Waals surface area (Å²) in [5, 5.41) is 0. The molecular weight excluding hydrogens is 220 g/mol. The second-order valence-corrected chi connectivity index (χ2v) is 5.64. The first kappa shape index (κ1) is 12.8. The van der Waals surface area contributed by atoms with E-state index in [0.717, 1.165) is 12.5 Å². The molecule has 0 bridgehead atoms. The molecule has 0 saturated carbocycles. The molecule has 0 aliphatic heterocycles. The van der Waals surface area contributed by atoms with Crippen LogP contribution in [-0.4, -0.2) is 35.6 Å². The molecule has 0 aromatic carbocycles. The van der Waals surface area contributed by atoms with Gasteiger partial charge in [-0.3, -0.25) is 0 Å². The zero-order chi connectivity index (χ0) is 10.7. The van der Waals surface area contributed by atoms with Crippen LogP contribution >= 0.6 is 0 Å². The zero-order valence-electron chi connectivity index (χ0n) is 7.55. The van der Waals surface area contributed by atoms with E-state index in [4.69, 9.17) is 0 Å². The summed E-state index contributed by atoms with van der Waals surface area (Å²) in [6.45, 7) is 1.54. The molecule has 8 heteroatoms. The van der Waals surface area contributed by atoms with Crippen molar-refractivity contribution in [2.45, 2.75) is 19.6 Å². The van der Waals surface area contributed by atoms with Gasteiger partial charge in [0.25, 0.3) is 20.2 Å². The highest BCUT2D eigenvalue weighted by Crippen LogP contribution is 2.07. The van der Waals surface area contributed by atoms with Crippen LogP contribution in [0.3, 0.4) is 0 Å². The Bertz CT molecular complexity index is 305. The van der Waals surface area contributed by atoms with Crippen molar-refractivity contribution >= 4 is 20.2 Å². The van der Waals surface area contributed by atoms with Crippen LogP contribution in [-0.2, 0) is 28.6 Å². The van der Waals surface area contributed by atoms with E-state index in [2.05, 4.69) is 8.37 Å². The Morgan fingerprint density at radius 2 is 1.31 bits per heavy atom. The van der Waals surface area contributed by atoms with Gasteiger partial charge in [0.15, 0.2) is 6.29 Å². The van der Waals surface area contributed by atoms with Gasteiger partial charge in [-0.05, 0) is 6.42 Å². The Balaban J connectivity index is 4.39. The van der Waals surface area contributed by atoms with E-state index >= 15 is 0 Å². The van der Waals surface area contributed by atoms with Crippen molar-refractivity contribution in [3.05, 3.63) is 0 Å². The molecule has 0 aromatic rings. The van der Waals surface area contributed by atoms with Crippen molar-refractivity contribution in [1.82, 2.24) is 0 Å². The Morgan fingerprint density at radius 3 is 1.46 bits per heavy atom. The van der Waals surface area contributed by atoms with Gasteiger partial charge in [0.05, 0.1) is 12.5 Å². The topological polar surface area (TPSA) is 86.7 Å². The third-order valence-corrected chi connectivity index (χ3v) is 2.03. The smallest absolute Gasteiger partial charge is 0.237 e. The van der Waals surface area contributed by atoms with Gasteiger partial charge in [0.2, 0.25) is 0 Å². The molecule has 0 heterocycles. The molecule has 13 heavy (non-hydrogen) atoms. The first-order valence-electron chi connectivity index (χ1n) is 3.40. The summed E-state index contributed by atoms with van der Waals surface area (Å²) in [5.41, 5.74) is 0. The quantitative estimate of drug-likeness (QED) is 0.476. The van der Waals surface area contributed by atoms with Crippen LogP contribution in [0.25, 0.3) is 0 Å². The second kappa shape index (κ2) is 4.36. The summed E-state index contributed by atoms with van der Waals surface area (Å²) in [6.07, 6.45) is 0.493. The molecule has 0 N–H and O–H groups in total. The number of hydrogen-bond acceptors (Lipinski definition) is 6. The molecule has 0 aliphatic carbocycles. The van der Waals surface area contributed by atoms with E-state index in [0.29, 0.717) is 0 Å². The minimum Gasteiger partial charge on any atom is -0.237 e. The zero-order valence-corrected chi connectivity index (χ0v) is 9.18. The fraction of sp³-hybridized carbons (Fsp3) is 1.00. The Kier molecular flexibility index (Phi) is 4.30. The number of hydrogen-bond donors (Lipinski definition) is 0. The Morgan fingerprint density at radius 1 is 1.00 bits per heavy atom. The monoisotopic (exact) mass is 232 g/mol. The lowest BCUT2D eigenvalue weighted by atomic mass is 10.5. The van der Waals surface area contributed by atoms with E-state index in [1.54, 1.807) is 6.92 Å². The standard InChI is InChI=1S/C5H12O6S2/c1-4-5(10-12(2,6)7)11-13(3,8)9/h5H,4H2,1-3H3. The molecule has 0 unspecified atom stereocenters. The van der Waals surface area contributed by atoms with Gasteiger partial charge in [-0.1, -0.05) is 6.92 Å². The molecular formula is C5H12O6S2. The van der Waals surface area contributed by atoms with Crippen molar-refractivity contribution in [2.24, 2.45) is 0 Å². The SMILES string of the molecule is CCC(OS(C)(=O)=O)OS(C)(=O)=O. The van der Waals surface area contributed by atoms with Gasteiger partial charge in [-0.25, -0.2) is 8.37 Å². The van der Waals surface area contributed by atoms with Crippen molar-refractivity contribution in [1.29, 1.82) is 0 Å². The van der Waals surface area contributed by atoms with E-state index in [1.165, 1.54) is 0 Å². The molecule has 0 atom stereocenters. The minimum absolute atomic E-state index is 0.125. The molecule has 0 aliphatic rings. The molecule has 0 rings (SSSR count). The summed E-state index contributed by atoms with van der Waals surface area (Å²) in [5.74, 6) is 0. The lowest BCUT2D eigenvalue weighted by Crippen LogP contribution is -2.23. The van der Waals surface area contributed by atoms with Crippen LogP contribution in [0.2, 0.25) is 0 Å². The third-order valence-electron chi connectivity index (χ3n) is 0.898. The normalized spacial score (nSPS) is 13.5. The maximum absolute atomic E-state index is 10.6. The van der Waals surface area contributed by atoms with Crippen molar-refractivity contribution in [3.63, 3.8) is 0 Å². The van der Waals surface area contributed by atoms with Crippen molar-refractivity contribution in [2.75, 3.05) is 12.5 Å². The van der Waals surface area contributed by atoms with Crippen LogP contribution in [0.5, 0.6) is 0 Å². The van der Waals surface area contributed by atoms with Gasteiger partial charge in [0.1, 0.15) is 0 Å². The van der Waals surface area contributed by atoms with Gasteiger partial charge in [-0.15, -0.1) is 0 Å². The van der Waals surface area contributed by atoms with Crippen LogP contribution in [0.15, 0.2) is 0 Å². The maximum atomic E-state index is 10.6. The molecule has 0 saturated heterocycles. The Hall–Kier alpha value is -0.180. The average Bonchev–Trinajstić information content (AvgIpc) is 1.79. The highest BCUT2D eigenvalue weighted by molar-refractivity contribution is 7.86. The summed E-state index contributed by atoms with van der Waals surface area (Å²) in [7, 11) is -7.39. The molecule has 0 radical (unpaired) electrons. The first-order chi connectivity index (χ1) is 5.64. The summed E-state index contributed by atoms with van der Waals surface area (Å²) in [4.78, 5) is 0. The summed E-state index contributed by atoms with van der Waals surface area (Å²) >= 11 is 0. The number of rotatable bonds is 5. The van der Waals surface area contributed by atoms with Gasteiger partial charge >= 0.3 is 0 Å². The summed E-state index contributed by atoms with van der Waals surface area (Å²) in [6, 6.07) is 0. The van der Waals surface area contributed by atoms with E-state index in [1.807, 2.05) is 0 Å². The third kappa shape index (κ3) is 8.16. The van der Waals surface area contributed by atoms with Crippen LogP contribution < -0.4 is 0 Å². The van der Waals surface area contributed by atoms with Gasteiger partial charge in [-0.2, -0.15) is 16.8 Å². The molecule has 0 spiro atoms. The second-order valence-electron chi connectivity index (χ2n) is 2.44. The molecule has 80 valence electrons. The van der Waals surface area contributed by atoms with Gasteiger partial charge < -0.3 is 0 Å². The maximum Gasteiger partial charge on any atom is 0.266 e. The predicted octanol–water partition coefficient (Wildman–Crippen LogP) is -0.325. The lowest BCUT2D eigenvalue weighted by molar-refractivity contribution is 0.0164. The fourth-order valence-corrected chi connectivity index (χ4v) is 1.72. The highest BCUT2D eigenvalue weighted by atomic mass is 32.2. The van der Waals surface area contributed by atoms with Crippen molar-refractivity contribution < 1.29 is 25.2 Å². The van der Waals surface area contributed by atoms with Crippen LogP contribution in [0, 0.1) is 0 Å². The predicted molar refractivity (Wildman–Crippen MR) is 45.9 cm³/mol. The lowest BCUT2D eigenvalue weighted by Gasteiger charge is -2.12. The van der Waals surface area contributed by atoms with E-state index in [9.17, 15) is 16.8 Å². The molecule has 0 amide bonds. The van der Waals surface area contributed by atoms with Gasteiger partial charge in [0, 0.05) is 0 Å². The highest BCUT2D eigenvalue weighted by Gasteiger charge is 2.18. The fourth-order valence-electron chi connectivity index (χ4n) is 0.542. The van der Waals surface area contributed by atoms with E-state index < -0.39 is 26.5 Å². The largest absolute Gasteiger partial charge is 0.266 e. The molecule has 0 fully saturated rings.